The van der Waals surface area contributed by atoms with Crippen LogP contribution in [0.25, 0.3) is 0 Å². The monoisotopic (exact) mass is 333 g/mol. The van der Waals surface area contributed by atoms with Gasteiger partial charge in [-0.15, -0.1) is 11.3 Å². The molecule has 0 saturated carbocycles. The van der Waals surface area contributed by atoms with Gasteiger partial charge >= 0.3 is 6.03 Å². The van der Waals surface area contributed by atoms with Crippen LogP contribution in [0.4, 0.5) is 4.79 Å². The first-order valence-electron chi connectivity index (χ1n) is 7.40. The predicted octanol–water partition coefficient (Wildman–Crippen LogP) is 2.43. The van der Waals surface area contributed by atoms with Crippen LogP contribution in [-0.4, -0.2) is 42.2 Å². The molecule has 0 radical (unpaired) electrons. The predicted molar refractivity (Wildman–Crippen MR) is 88.1 cm³/mol. The summed E-state index contributed by atoms with van der Waals surface area (Å²) in [5.74, 6) is 1.46. The minimum Gasteiger partial charge on any atom is -0.486 e. The molecule has 2 heterocycles. The van der Waals surface area contributed by atoms with Crippen LogP contribution in [0, 0.1) is 6.92 Å². The third-order valence-corrected chi connectivity index (χ3v) is 4.42. The number of benzene rings is 1. The van der Waals surface area contributed by atoms with E-state index in [1.54, 1.807) is 23.3 Å². The third kappa shape index (κ3) is 3.92. The van der Waals surface area contributed by atoms with Gasteiger partial charge < -0.3 is 19.7 Å². The SMILES string of the molecule is Cc1csc(CNC(=O)N(C)C[C@@H]2COc3ccccc3O2)n1. The standard InChI is InChI=1S/C16H19N3O3S/c1-11-10-23-15(18-11)7-17-16(20)19(2)8-12-9-21-13-5-3-4-6-14(13)22-12/h3-6,10,12H,7-9H2,1-2H3,(H,17,20)/t12-/m1/s1. The average molecular weight is 333 g/mol. The number of nitrogens with one attached hydrogen (secondary N) is 1. The van der Waals surface area contributed by atoms with E-state index >= 15 is 0 Å². The summed E-state index contributed by atoms with van der Waals surface area (Å²) in [5.41, 5.74) is 0.971. The van der Waals surface area contributed by atoms with Crippen LogP contribution < -0.4 is 14.8 Å². The smallest absolute Gasteiger partial charge is 0.317 e. The number of amides is 2. The van der Waals surface area contributed by atoms with E-state index in [4.69, 9.17) is 9.47 Å². The molecule has 1 aliphatic heterocycles. The number of aryl methyl sites for hydroxylation is 1. The summed E-state index contributed by atoms with van der Waals surface area (Å²) in [7, 11) is 1.74. The minimum atomic E-state index is -0.178. The summed E-state index contributed by atoms with van der Waals surface area (Å²) in [6.07, 6.45) is -0.178. The highest BCUT2D eigenvalue weighted by atomic mass is 32.1. The molecule has 1 aromatic carbocycles. The van der Waals surface area contributed by atoms with Crippen molar-refractivity contribution in [2.45, 2.75) is 19.6 Å². The Morgan fingerprint density at radius 3 is 2.96 bits per heavy atom. The number of urea groups is 1. The maximum absolute atomic E-state index is 12.1. The number of fused-ring (bicyclic) bond motifs is 1. The zero-order valence-corrected chi connectivity index (χ0v) is 13.9. The summed E-state index contributed by atoms with van der Waals surface area (Å²) in [6, 6.07) is 7.39. The first kappa shape index (κ1) is 15.6. The normalized spacial score (nSPS) is 16.0. The number of likely N-dealkylation sites (N-methyl/N-ethyl adjacent to an activating group) is 1. The van der Waals surface area contributed by atoms with Crippen molar-refractivity contribution in [1.82, 2.24) is 15.2 Å². The highest BCUT2D eigenvalue weighted by molar-refractivity contribution is 7.09. The fourth-order valence-electron chi connectivity index (χ4n) is 2.31. The number of hydrogen-bond acceptors (Lipinski definition) is 5. The molecule has 0 aliphatic carbocycles. The van der Waals surface area contributed by atoms with Crippen molar-refractivity contribution < 1.29 is 14.3 Å². The van der Waals surface area contributed by atoms with Gasteiger partial charge in [0.2, 0.25) is 0 Å². The summed E-state index contributed by atoms with van der Waals surface area (Å²) in [5, 5.41) is 5.73. The molecule has 0 spiro atoms. The molecule has 1 N–H and O–H groups in total. The topological polar surface area (TPSA) is 63.7 Å². The Morgan fingerprint density at radius 2 is 2.22 bits per heavy atom. The Kier molecular flexibility index (Phi) is 4.66. The van der Waals surface area contributed by atoms with Gasteiger partial charge in [-0.2, -0.15) is 0 Å². The summed E-state index contributed by atoms with van der Waals surface area (Å²) < 4.78 is 11.5. The van der Waals surface area contributed by atoms with Gasteiger partial charge in [-0.05, 0) is 19.1 Å². The van der Waals surface area contributed by atoms with Crippen molar-refractivity contribution in [2.24, 2.45) is 0 Å². The molecule has 122 valence electrons. The lowest BCUT2D eigenvalue weighted by atomic mass is 10.2. The zero-order valence-electron chi connectivity index (χ0n) is 13.1. The lowest BCUT2D eigenvalue weighted by Gasteiger charge is -2.29. The summed E-state index contributed by atoms with van der Waals surface area (Å²) in [4.78, 5) is 18.1. The number of para-hydroxylation sites is 2. The second-order valence-corrected chi connectivity index (χ2v) is 6.36. The average Bonchev–Trinajstić information content (AvgIpc) is 2.98. The first-order valence-corrected chi connectivity index (χ1v) is 8.28. The minimum absolute atomic E-state index is 0.152. The van der Waals surface area contributed by atoms with E-state index in [2.05, 4.69) is 10.3 Å². The zero-order chi connectivity index (χ0) is 16.2. The maximum atomic E-state index is 12.1. The van der Waals surface area contributed by atoms with Crippen molar-refractivity contribution in [3.8, 4) is 11.5 Å². The molecule has 2 amide bonds. The molecule has 0 bridgehead atoms. The van der Waals surface area contributed by atoms with Crippen LogP contribution in [0.15, 0.2) is 29.6 Å². The van der Waals surface area contributed by atoms with Gasteiger partial charge in [0.05, 0.1) is 13.1 Å². The van der Waals surface area contributed by atoms with E-state index in [1.807, 2.05) is 36.6 Å². The van der Waals surface area contributed by atoms with Crippen molar-refractivity contribution in [1.29, 1.82) is 0 Å². The Hall–Kier alpha value is -2.28. The maximum Gasteiger partial charge on any atom is 0.317 e. The van der Waals surface area contributed by atoms with Gasteiger partial charge in [0.1, 0.15) is 11.6 Å². The van der Waals surface area contributed by atoms with E-state index in [-0.39, 0.29) is 12.1 Å². The highest BCUT2D eigenvalue weighted by Crippen LogP contribution is 2.30. The molecule has 1 aromatic heterocycles. The Balaban J connectivity index is 1.49. The molecule has 0 saturated heterocycles. The quantitative estimate of drug-likeness (QED) is 0.933. The van der Waals surface area contributed by atoms with E-state index in [0.717, 1.165) is 22.2 Å². The van der Waals surface area contributed by atoms with Crippen LogP contribution in [0.5, 0.6) is 11.5 Å². The van der Waals surface area contributed by atoms with Crippen molar-refractivity contribution in [2.75, 3.05) is 20.2 Å². The molecular weight excluding hydrogens is 314 g/mol. The van der Waals surface area contributed by atoms with Crippen LogP contribution in [0.2, 0.25) is 0 Å². The fraction of sp³-hybridized carbons (Fsp3) is 0.375. The molecule has 6 nitrogen and oxygen atoms in total. The van der Waals surface area contributed by atoms with Gasteiger partial charge in [0.25, 0.3) is 0 Å². The number of nitrogens with zero attached hydrogens (tertiary/aromatic N) is 2. The fourth-order valence-corrected chi connectivity index (χ4v) is 3.02. The van der Waals surface area contributed by atoms with Crippen molar-refractivity contribution in [3.63, 3.8) is 0 Å². The summed E-state index contributed by atoms with van der Waals surface area (Å²) in [6.45, 7) is 3.26. The van der Waals surface area contributed by atoms with Crippen molar-refractivity contribution in [3.05, 3.63) is 40.3 Å². The molecule has 2 aromatic rings. The van der Waals surface area contributed by atoms with Crippen LogP contribution in [0.1, 0.15) is 10.7 Å². The van der Waals surface area contributed by atoms with E-state index < -0.39 is 0 Å². The molecule has 3 rings (SSSR count). The van der Waals surface area contributed by atoms with Gasteiger partial charge in [0, 0.05) is 18.1 Å². The largest absolute Gasteiger partial charge is 0.486 e. The molecule has 0 unspecified atom stereocenters. The Labute approximate surface area is 139 Å². The second kappa shape index (κ2) is 6.87. The van der Waals surface area contributed by atoms with Crippen molar-refractivity contribution >= 4 is 17.4 Å². The lowest BCUT2D eigenvalue weighted by Crippen LogP contribution is -2.45. The van der Waals surface area contributed by atoms with Gasteiger partial charge in [0.15, 0.2) is 17.6 Å². The van der Waals surface area contributed by atoms with Crippen LogP contribution >= 0.6 is 11.3 Å². The molecule has 7 heteroatoms. The number of hydrogen-bond donors (Lipinski definition) is 1. The Morgan fingerprint density at radius 1 is 1.43 bits per heavy atom. The molecular formula is C16H19N3O3S. The molecule has 0 fully saturated rings. The Bertz CT molecular complexity index is 689. The second-order valence-electron chi connectivity index (χ2n) is 5.42. The third-order valence-electron chi connectivity index (χ3n) is 3.45. The lowest BCUT2D eigenvalue weighted by molar-refractivity contribution is 0.0715. The highest BCUT2D eigenvalue weighted by Gasteiger charge is 2.23. The first-order chi connectivity index (χ1) is 11.1. The van der Waals surface area contributed by atoms with E-state index in [0.29, 0.717) is 19.7 Å². The number of ether oxygens (including phenoxy) is 2. The number of thiazole rings is 1. The molecule has 1 aliphatic rings. The van der Waals surface area contributed by atoms with Gasteiger partial charge in [-0.1, -0.05) is 12.1 Å². The van der Waals surface area contributed by atoms with Gasteiger partial charge in [-0.25, -0.2) is 9.78 Å². The van der Waals surface area contributed by atoms with Crippen LogP contribution in [-0.2, 0) is 6.54 Å². The number of carbonyl (C=O) groups is 1. The molecule has 23 heavy (non-hydrogen) atoms. The number of rotatable bonds is 4. The van der Waals surface area contributed by atoms with Crippen LogP contribution in [0.3, 0.4) is 0 Å². The number of carbonyl (C=O) groups excluding carboxylic acids is 1. The van der Waals surface area contributed by atoms with Gasteiger partial charge in [-0.3, -0.25) is 0 Å². The summed E-state index contributed by atoms with van der Waals surface area (Å²) >= 11 is 1.54. The number of aromatic nitrogens is 1. The van der Waals surface area contributed by atoms with E-state index in [1.165, 1.54) is 0 Å². The van der Waals surface area contributed by atoms with E-state index in [9.17, 15) is 4.79 Å². The molecule has 1 atom stereocenters.